The zero-order chi connectivity index (χ0) is 21.5. The number of hydrogen-bond acceptors (Lipinski definition) is 4. The molecule has 0 saturated carbocycles. The molecule has 0 saturated heterocycles. The average molecular weight is 420 g/mol. The van der Waals surface area contributed by atoms with Crippen LogP contribution in [0.2, 0.25) is 0 Å². The molecule has 0 aliphatic rings. The second-order valence-corrected chi connectivity index (χ2v) is 6.87. The van der Waals surface area contributed by atoms with Crippen molar-refractivity contribution in [2.45, 2.75) is 6.92 Å². The molecule has 0 aliphatic heterocycles. The highest BCUT2D eigenvalue weighted by Gasteiger charge is 2.15. The summed E-state index contributed by atoms with van der Waals surface area (Å²) < 4.78 is 5.31. The first-order chi connectivity index (χ1) is 14.5. The molecule has 0 unspecified atom stereocenters. The lowest BCUT2D eigenvalue weighted by atomic mass is 10.1. The standard InChI is InChI=1S/C23H21N3O3S/c1-15-7-6-10-19(20(15)29-2)22(28)26-23(30)25-18-13-11-17(12-14-18)24-21(27)16-8-4-3-5-9-16/h3-14H,1-2H3,(H,24,27)(H2,25,26,28,30). The molecule has 0 aliphatic carbocycles. The first-order valence-corrected chi connectivity index (χ1v) is 9.61. The number of carbonyl (C=O) groups excluding carboxylic acids is 2. The minimum absolute atomic E-state index is 0.157. The van der Waals surface area contributed by atoms with Crippen LogP contribution < -0.4 is 20.7 Å². The van der Waals surface area contributed by atoms with E-state index in [-0.39, 0.29) is 16.9 Å². The number of hydrogen-bond donors (Lipinski definition) is 3. The monoisotopic (exact) mass is 419 g/mol. The van der Waals surface area contributed by atoms with Crippen LogP contribution in [0.15, 0.2) is 72.8 Å². The summed E-state index contributed by atoms with van der Waals surface area (Å²) in [7, 11) is 1.52. The van der Waals surface area contributed by atoms with E-state index in [4.69, 9.17) is 17.0 Å². The average Bonchev–Trinajstić information content (AvgIpc) is 2.75. The molecule has 6 nitrogen and oxygen atoms in total. The lowest BCUT2D eigenvalue weighted by molar-refractivity contribution is 0.0973. The fourth-order valence-electron chi connectivity index (χ4n) is 2.86. The minimum atomic E-state index is -0.361. The maximum absolute atomic E-state index is 12.5. The van der Waals surface area contributed by atoms with Gasteiger partial charge in [-0.3, -0.25) is 14.9 Å². The van der Waals surface area contributed by atoms with Crippen molar-refractivity contribution in [2.75, 3.05) is 17.7 Å². The second kappa shape index (κ2) is 9.67. The number of thiocarbonyl (C=S) groups is 1. The lowest BCUT2D eigenvalue weighted by Crippen LogP contribution is -2.34. The molecule has 0 heterocycles. The third-order valence-corrected chi connectivity index (χ3v) is 4.53. The molecule has 0 fully saturated rings. The number of para-hydroxylation sites is 1. The molecule has 152 valence electrons. The number of methoxy groups -OCH3 is 1. The Morgan fingerprint density at radius 1 is 0.800 bits per heavy atom. The minimum Gasteiger partial charge on any atom is -0.496 e. The van der Waals surface area contributed by atoms with E-state index < -0.39 is 0 Å². The molecule has 7 heteroatoms. The van der Waals surface area contributed by atoms with Crippen LogP contribution in [0, 0.1) is 6.92 Å². The molecular formula is C23H21N3O3S. The van der Waals surface area contributed by atoms with Crippen LogP contribution in [0.4, 0.5) is 11.4 Å². The zero-order valence-corrected chi connectivity index (χ0v) is 17.4. The summed E-state index contributed by atoms with van der Waals surface area (Å²) in [6.07, 6.45) is 0. The van der Waals surface area contributed by atoms with Crippen LogP contribution >= 0.6 is 12.2 Å². The van der Waals surface area contributed by atoms with E-state index in [1.807, 2.05) is 31.2 Å². The first-order valence-electron chi connectivity index (χ1n) is 9.20. The number of rotatable bonds is 5. The third kappa shape index (κ3) is 5.21. The summed E-state index contributed by atoms with van der Waals surface area (Å²) >= 11 is 5.24. The molecular weight excluding hydrogens is 398 g/mol. The van der Waals surface area contributed by atoms with E-state index >= 15 is 0 Å². The number of aryl methyl sites for hydroxylation is 1. The van der Waals surface area contributed by atoms with Gasteiger partial charge >= 0.3 is 0 Å². The van der Waals surface area contributed by atoms with Crippen molar-refractivity contribution in [3.8, 4) is 5.75 Å². The summed E-state index contributed by atoms with van der Waals surface area (Å²) in [5.41, 5.74) is 3.16. The number of carbonyl (C=O) groups is 2. The SMILES string of the molecule is COc1c(C)cccc1C(=O)NC(=S)Nc1ccc(NC(=O)c2ccccc2)cc1. The van der Waals surface area contributed by atoms with Crippen LogP contribution in [-0.4, -0.2) is 24.0 Å². The summed E-state index contributed by atoms with van der Waals surface area (Å²) in [4.78, 5) is 24.7. The quantitative estimate of drug-likeness (QED) is 0.535. The number of benzene rings is 3. The molecule has 2 amide bonds. The van der Waals surface area contributed by atoms with Gasteiger partial charge in [-0.2, -0.15) is 0 Å². The van der Waals surface area contributed by atoms with Crippen molar-refractivity contribution >= 4 is 40.5 Å². The van der Waals surface area contributed by atoms with E-state index in [9.17, 15) is 9.59 Å². The van der Waals surface area contributed by atoms with E-state index in [2.05, 4.69) is 16.0 Å². The molecule has 0 spiro atoms. The Hall–Kier alpha value is -3.71. The fourth-order valence-corrected chi connectivity index (χ4v) is 3.08. The fraction of sp³-hybridized carbons (Fsp3) is 0.0870. The van der Waals surface area contributed by atoms with Gasteiger partial charge in [0.15, 0.2) is 5.11 Å². The molecule has 3 aromatic rings. The molecule has 3 rings (SSSR count). The smallest absolute Gasteiger partial charge is 0.261 e. The van der Waals surface area contributed by atoms with Gasteiger partial charge in [-0.15, -0.1) is 0 Å². The summed E-state index contributed by atoms with van der Waals surface area (Å²) in [6.45, 7) is 1.87. The van der Waals surface area contributed by atoms with Crippen molar-refractivity contribution < 1.29 is 14.3 Å². The summed E-state index contributed by atoms with van der Waals surface area (Å²) in [5.74, 6) is -0.0395. The Bertz CT molecular complexity index is 1070. The number of nitrogens with one attached hydrogen (secondary N) is 3. The van der Waals surface area contributed by atoms with E-state index in [0.29, 0.717) is 28.3 Å². The van der Waals surface area contributed by atoms with Gasteiger partial charge in [-0.1, -0.05) is 30.3 Å². The van der Waals surface area contributed by atoms with Crippen LogP contribution in [-0.2, 0) is 0 Å². The number of ether oxygens (including phenoxy) is 1. The summed E-state index contributed by atoms with van der Waals surface area (Å²) in [6, 6.07) is 21.3. The highest BCUT2D eigenvalue weighted by Crippen LogP contribution is 2.22. The lowest BCUT2D eigenvalue weighted by Gasteiger charge is -2.13. The van der Waals surface area contributed by atoms with Crippen LogP contribution in [0.5, 0.6) is 5.75 Å². The van der Waals surface area contributed by atoms with Gasteiger partial charge in [0, 0.05) is 16.9 Å². The van der Waals surface area contributed by atoms with Crippen LogP contribution in [0.1, 0.15) is 26.3 Å². The van der Waals surface area contributed by atoms with E-state index in [0.717, 1.165) is 5.56 Å². The molecule has 30 heavy (non-hydrogen) atoms. The van der Waals surface area contributed by atoms with Crippen molar-refractivity contribution in [1.29, 1.82) is 0 Å². The van der Waals surface area contributed by atoms with E-state index in [1.165, 1.54) is 7.11 Å². The van der Waals surface area contributed by atoms with Crippen LogP contribution in [0.3, 0.4) is 0 Å². The van der Waals surface area contributed by atoms with Gasteiger partial charge in [0.2, 0.25) is 0 Å². The number of anilines is 2. The van der Waals surface area contributed by atoms with Crippen molar-refractivity contribution in [3.63, 3.8) is 0 Å². The Morgan fingerprint density at radius 3 is 2.07 bits per heavy atom. The van der Waals surface area contributed by atoms with Crippen molar-refractivity contribution in [3.05, 3.63) is 89.5 Å². The second-order valence-electron chi connectivity index (χ2n) is 6.46. The molecule has 0 radical (unpaired) electrons. The van der Waals surface area contributed by atoms with Crippen molar-refractivity contribution in [2.24, 2.45) is 0 Å². The topological polar surface area (TPSA) is 79.5 Å². The molecule has 3 N–H and O–H groups in total. The normalized spacial score (nSPS) is 10.1. The van der Waals surface area contributed by atoms with Gasteiger partial charge in [0.1, 0.15) is 5.75 Å². The van der Waals surface area contributed by atoms with Gasteiger partial charge in [-0.25, -0.2) is 0 Å². The first kappa shape index (κ1) is 21.0. The molecule has 3 aromatic carbocycles. The third-order valence-electron chi connectivity index (χ3n) is 4.32. The molecule has 0 aromatic heterocycles. The largest absolute Gasteiger partial charge is 0.496 e. The summed E-state index contributed by atoms with van der Waals surface area (Å²) in [5, 5.41) is 8.58. The maximum Gasteiger partial charge on any atom is 0.261 e. The Morgan fingerprint density at radius 2 is 1.43 bits per heavy atom. The zero-order valence-electron chi connectivity index (χ0n) is 16.6. The number of amides is 2. The van der Waals surface area contributed by atoms with Gasteiger partial charge < -0.3 is 15.4 Å². The van der Waals surface area contributed by atoms with E-state index in [1.54, 1.807) is 48.5 Å². The van der Waals surface area contributed by atoms with Crippen molar-refractivity contribution in [1.82, 2.24) is 5.32 Å². The van der Waals surface area contributed by atoms with Gasteiger partial charge in [0.25, 0.3) is 11.8 Å². The Labute approximate surface area is 180 Å². The molecule has 0 bridgehead atoms. The Kier molecular flexibility index (Phi) is 6.77. The predicted octanol–water partition coefficient (Wildman–Crippen LogP) is 4.38. The maximum atomic E-state index is 12.5. The van der Waals surface area contributed by atoms with Gasteiger partial charge in [-0.05, 0) is 67.2 Å². The van der Waals surface area contributed by atoms with Gasteiger partial charge in [0.05, 0.1) is 12.7 Å². The predicted molar refractivity (Wildman–Crippen MR) is 122 cm³/mol. The van der Waals surface area contributed by atoms with Crippen LogP contribution in [0.25, 0.3) is 0 Å². The highest BCUT2D eigenvalue weighted by atomic mass is 32.1. The molecule has 0 atom stereocenters. The highest BCUT2D eigenvalue weighted by molar-refractivity contribution is 7.80. The Balaban J connectivity index is 1.59.